The smallest absolute Gasteiger partial charge is 0.0515 e. The minimum atomic E-state index is 0.0891. The molecule has 21 heavy (non-hydrogen) atoms. The lowest BCUT2D eigenvalue weighted by Gasteiger charge is -2.17. The van der Waals surface area contributed by atoms with Gasteiger partial charge in [-0.05, 0) is 35.1 Å². The van der Waals surface area contributed by atoms with Gasteiger partial charge < -0.3 is 0 Å². The zero-order valence-corrected chi connectivity index (χ0v) is 13.1. The molecular formula is C18H25N3. The number of hydrogen-bond acceptors (Lipinski definition) is 3. The fourth-order valence-corrected chi connectivity index (χ4v) is 2.38. The van der Waals surface area contributed by atoms with Gasteiger partial charge in [0.2, 0.25) is 0 Å². The van der Waals surface area contributed by atoms with Crippen LogP contribution in [0.4, 0.5) is 0 Å². The van der Waals surface area contributed by atoms with E-state index in [4.69, 9.17) is 5.84 Å². The highest BCUT2D eigenvalue weighted by Gasteiger charge is 2.12. The first-order valence-electron chi connectivity index (χ1n) is 7.63. The van der Waals surface area contributed by atoms with Gasteiger partial charge in [-0.2, -0.15) is 0 Å². The van der Waals surface area contributed by atoms with Gasteiger partial charge in [-0.25, -0.2) is 0 Å². The number of nitrogens with one attached hydrogen (secondary N) is 1. The zero-order chi connectivity index (χ0) is 15.2. The summed E-state index contributed by atoms with van der Waals surface area (Å²) in [5.74, 6) is 6.28. The van der Waals surface area contributed by atoms with Crippen molar-refractivity contribution in [3.05, 3.63) is 65.0 Å². The summed E-state index contributed by atoms with van der Waals surface area (Å²) in [5, 5.41) is 0. The van der Waals surface area contributed by atoms with E-state index in [1.807, 2.05) is 6.20 Å². The second-order valence-electron chi connectivity index (χ2n) is 5.76. The molecule has 0 spiro atoms. The maximum atomic E-state index is 5.73. The molecule has 3 N–H and O–H groups in total. The Morgan fingerprint density at radius 1 is 1.05 bits per heavy atom. The molecule has 1 heterocycles. The molecule has 2 aromatic rings. The van der Waals surface area contributed by atoms with Gasteiger partial charge in [0.15, 0.2) is 0 Å². The fraction of sp³-hybridized carbons (Fsp3) is 0.389. The molecule has 0 aliphatic carbocycles. The van der Waals surface area contributed by atoms with Crippen LogP contribution in [-0.4, -0.2) is 4.98 Å². The Labute approximate surface area is 127 Å². The highest BCUT2D eigenvalue weighted by molar-refractivity contribution is 5.28. The molecule has 0 radical (unpaired) electrons. The van der Waals surface area contributed by atoms with Crippen molar-refractivity contribution in [2.24, 2.45) is 5.84 Å². The van der Waals surface area contributed by atoms with Crippen LogP contribution < -0.4 is 11.3 Å². The third-order valence-electron chi connectivity index (χ3n) is 3.91. The van der Waals surface area contributed by atoms with E-state index in [-0.39, 0.29) is 6.04 Å². The topological polar surface area (TPSA) is 50.9 Å². The van der Waals surface area contributed by atoms with Gasteiger partial charge >= 0.3 is 0 Å². The predicted molar refractivity (Wildman–Crippen MR) is 87.9 cm³/mol. The van der Waals surface area contributed by atoms with Gasteiger partial charge in [-0.3, -0.25) is 16.3 Å². The van der Waals surface area contributed by atoms with Crippen molar-refractivity contribution < 1.29 is 0 Å². The van der Waals surface area contributed by atoms with Crippen LogP contribution in [0, 0.1) is 0 Å². The third kappa shape index (κ3) is 4.13. The molecule has 0 aliphatic heterocycles. The molecule has 1 unspecified atom stereocenters. The minimum Gasteiger partial charge on any atom is -0.271 e. The number of aromatic nitrogens is 1. The highest BCUT2D eigenvalue weighted by Crippen LogP contribution is 2.20. The molecule has 3 nitrogen and oxygen atoms in total. The van der Waals surface area contributed by atoms with E-state index >= 15 is 0 Å². The van der Waals surface area contributed by atoms with Crippen molar-refractivity contribution in [2.45, 2.75) is 45.6 Å². The Morgan fingerprint density at radius 3 is 2.19 bits per heavy atom. The van der Waals surface area contributed by atoms with Crippen LogP contribution in [0.2, 0.25) is 0 Å². The maximum absolute atomic E-state index is 5.73. The summed E-state index contributed by atoms with van der Waals surface area (Å²) >= 11 is 0. The molecule has 3 heteroatoms. The number of pyridine rings is 1. The van der Waals surface area contributed by atoms with Crippen LogP contribution in [-0.2, 0) is 12.8 Å². The van der Waals surface area contributed by atoms with Crippen molar-refractivity contribution in [3.8, 4) is 0 Å². The van der Waals surface area contributed by atoms with Gasteiger partial charge in [-0.15, -0.1) is 0 Å². The average Bonchev–Trinajstić information content (AvgIpc) is 2.53. The Balaban J connectivity index is 2.11. The summed E-state index contributed by atoms with van der Waals surface area (Å²) < 4.78 is 0. The first kappa shape index (κ1) is 15.7. The van der Waals surface area contributed by atoms with Crippen LogP contribution in [0.1, 0.15) is 55.1 Å². The lowest BCUT2D eigenvalue weighted by molar-refractivity contribution is 0.545. The summed E-state index contributed by atoms with van der Waals surface area (Å²) in [6.45, 7) is 6.54. The first-order valence-corrected chi connectivity index (χ1v) is 7.63. The van der Waals surface area contributed by atoms with Crippen molar-refractivity contribution in [3.63, 3.8) is 0 Å². The van der Waals surface area contributed by atoms with Crippen molar-refractivity contribution in [2.75, 3.05) is 0 Å². The minimum absolute atomic E-state index is 0.0891. The summed E-state index contributed by atoms with van der Waals surface area (Å²) in [4.78, 5) is 4.51. The normalized spacial score (nSPS) is 12.6. The van der Waals surface area contributed by atoms with Crippen molar-refractivity contribution >= 4 is 0 Å². The molecule has 112 valence electrons. The van der Waals surface area contributed by atoms with E-state index in [1.54, 1.807) is 0 Å². The molecule has 2 rings (SSSR count). The predicted octanol–water partition coefficient (Wildman–Crippen LogP) is 3.51. The molecule has 0 saturated heterocycles. The van der Waals surface area contributed by atoms with Crippen molar-refractivity contribution in [1.29, 1.82) is 0 Å². The van der Waals surface area contributed by atoms with E-state index in [0.717, 1.165) is 18.5 Å². The van der Waals surface area contributed by atoms with Gasteiger partial charge in [0.1, 0.15) is 0 Å². The van der Waals surface area contributed by atoms with Gasteiger partial charge in [-0.1, -0.05) is 51.1 Å². The molecule has 1 atom stereocenters. The third-order valence-corrected chi connectivity index (χ3v) is 3.91. The zero-order valence-electron chi connectivity index (χ0n) is 13.1. The number of nitrogens with two attached hydrogens (primary N) is 1. The first-order chi connectivity index (χ1) is 10.1. The van der Waals surface area contributed by atoms with Gasteiger partial charge in [0.05, 0.1) is 6.04 Å². The highest BCUT2D eigenvalue weighted by atomic mass is 15.2. The second kappa shape index (κ2) is 7.34. The lowest BCUT2D eigenvalue weighted by Crippen LogP contribution is -2.29. The summed E-state index contributed by atoms with van der Waals surface area (Å²) in [5.41, 5.74) is 7.77. The number of hydrazine groups is 1. The average molecular weight is 283 g/mol. The fourth-order valence-electron chi connectivity index (χ4n) is 2.38. The standard InChI is InChI=1S/C18H25N3/c1-4-14-5-10-17(20-12-14)11-18(21-19)16-8-6-15(7-9-16)13(2)3/h5-10,12-13,18,21H,4,11,19H2,1-3H3. The quantitative estimate of drug-likeness (QED) is 0.630. The Kier molecular flexibility index (Phi) is 5.48. The Bertz CT molecular complexity index is 544. The number of benzene rings is 1. The lowest BCUT2D eigenvalue weighted by atomic mass is 9.97. The van der Waals surface area contributed by atoms with Gasteiger partial charge in [0.25, 0.3) is 0 Å². The number of rotatable bonds is 6. The molecule has 1 aromatic carbocycles. The molecule has 0 fully saturated rings. The maximum Gasteiger partial charge on any atom is 0.0515 e. The second-order valence-corrected chi connectivity index (χ2v) is 5.76. The van der Waals surface area contributed by atoms with Crippen LogP contribution in [0.5, 0.6) is 0 Å². The number of hydrogen-bond donors (Lipinski definition) is 2. The van der Waals surface area contributed by atoms with Crippen LogP contribution in [0.3, 0.4) is 0 Å². The van der Waals surface area contributed by atoms with Gasteiger partial charge in [0, 0.05) is 18.3 Å². The number of nitrogens with zero attached hydrogens (tertiary/aromatic N) is 1. The molecule has 0 aliphatic rings. The van der Waals surface area contributed by atoms with E-state index < -0.39 is 0 Å². The monoisotopic (exact) mass is 283 g/mol. The van der Waals surface area contributed by atoms with Crippen LogP contribution in [0.15, 0.2) is 42.6 Å². The molecule has 1 aromatic heterocycles. The van der Waals surface area contributed by atoms with E-state index in [9.17, 15) is 0 Å². The van der Waals surface area contributed by atoms with Crippen LogP contribution in [0.25, 0.3) is 0 Å². The van der Waals surface area contributed by atoms with E-state index in [2.05, 4.69) is 67.6 Å². The Morgan fingerprint density at radius 2 is 1.71 bits per heavy atom. The Hall–Kier alpha value is -1.71. The molecule has 0 saturated carbocycles. The molecule has 0 bridgehead atoms. The number of aryl methyl sites for hydroxylation is 1. The van der Waals surface area contributed by atoms with E-state index in [0.29, 0.717) is 5.92 Å². The molecule has 0 amide bonds. The van der Waals surface area contributed by atoms with Crippen LogP contribution >= 0.6 is 0 Å². The summed E-state index contributed by atoms with van der Waals surface area (Å²) in [7, 11) is 0. The summed E-state index contributed by atoms with van der Waals surface area (Å²) in [6.07, 6.45) is 3.76. The van der Waals surface area contributed by atoms with Crippen molar-refractivity contribution in [1.82, 2.24) is 10.4 Å². The summed E-state index contributed by atoms with van der Waals surface area (Å²) in [6, 6.07) is 13.0. The molecular weight excluding hydrogens is 258 g/mol. The largest absolute Gasteiger partial charge is 0.271 e. The SMILES string of the molecule is CCc1ccc(CC(NN)c2ccc(C(C)C)cc2)nc1. The van der Waals surface area contributed by atoms with E-state index in [1.165, 1.54) is 16.7 Å².